The summed E-state index contributed by atoms with van der Waals surface area (Å²) in [6, 6.07) is 0. The Morgan fingerprint density at radius 2 is 1.07 bits per heavy atom. The third-order valence-electron chi connectivity index (χ3n) is 8.28. The van der Waals surface area contributed by atoms with Crippen LogP contribution in [0.25, 0.3) is 0 Å². The molecule has 0 saturated heterocycles. The lowest BCUT2D eigenvalue weighted by Gasteiger charge is -2.41. The monoisotopic (exact) mass is 402 g/mol. The summed E-state index contributed by atoms with van der Waals surface area (Å²) >= 11 is 0. The molecule has 4 heteroatoms. The molecular formula is C24H41F3O. The number of ether oxygens (including phenoxy) is 1. The van der Waals surface area contributed by atoms with Gasteiger partial charge in [-0.2, -0.15) is 0 Å². The van der Waals surface area contributed by atoms with Crippen LogP contribution in [-0.4, -0.2) is 12.5 Å². The van der Waals surface area contributed by atoms with Crippen LogP contribution < -0.4 is 0 Å². The zero-order chi connectivity index (χ0) is 20.0. The smallest absolute Gasteiger partial charge is 0.289 e. The summed E-state index contributed by atoms with van der Waals surface area (Å²) in [5.41, 5.74) is 0. The zero-order valence-electron chi connectivity index (χ0n) is 17.8. The minimum absolute atomic E-state index is 0.589. The van der Waals surface area contributed by atoms with Gasteiger partial charge in [-0.3, -0.25) is 4.74 Å². The van der Waals surface area contributed by atoms with Crippen LogP contribution in [0.15, 0.2) is 0 Å². The summed E-state index contributed by atoms with van der Waals surface area (Å²) in [5.74, 6) is 4.28. The molecule has 0 unspecified atom stereocenters. The summed E-state index contributed by atoms with van der Waals surface area (Å²) in [4.78, 5) is 0. The Morgan fingerprint density at radius 3 is 1.50 bits per heavy atom. The van der Waals surface area contributed by atoms with E-state index in [9.17, 15) is 13.2 Å². The number of hydrogen-bond donors (Lipinski definition) is 0. The first-order chi connectivity index (χ1) is 13.4. The molecule has 0 atom stereocenters. The van der Waals surface area contributed by atoms with Crippen molar-refractivity contribution in [2.45, 2.75) is 122 Å². The summed E-state index contributed by atoms with van der Waals surface area (Å²) in [7, 11) is 0. The molecule has 0 radical (unpaired) electrons. The second-order valence-electron chi connectivity index (χ2n) is 10.1. The molecule has 1 nitrogen and oxygen atoms in total. The second-order valence-corrected chi connectivity index (χ2v) is 10.1. The van der Waals surface area contributed by atoms with Crippen molar-refractivity contribution in [2.24, 2.45) is 29.6 Å². The van der Waals surface area contributed by atoms with Gasteiger partial charge in [0.2, 0.25) is 0 Å². The maximum atomic E-state index is 12.4. The third kappa shape index (κ3) is 6.92. The predicted molar refractivity (Wildman–Crippen MR) is 108 cm³/mol. The predicted octanol–water partition coefficient (Wildman–Crippen LogP) is 8.27. The molecule has 3 aliphatic carbocycles. The van der Waals surface area contributed by atoms with Gasteiger partial charge in [-0.15, -0.1) is 13.2 Å². The molecule has 0 aliphatic heterocycles. The van der Waals surface area contributed by atoms with Crippen molar-refractivity contribution in [1.82, 2.24) is 0 Å². The van der Waals surface area contributed by atoms with E-state index in [1.807, 2.05) is 0 Å². The largest absolute Gasteiger partial charge is 0.522 e. The molecule has 0 amide bonds. The maximum Gasteiger partial charge on any atom is 0.522 e. The molecule has 0 aromatic carbocycles. The SMILES string of the molecule is CCCCCC1CCC(C2CCC(C3CCC(OC(F)(F)F)CC3)CC2)CC1. The van der Waals surface area contributed by atoms with Crippen molar-refractivity contribution in [3.05, 3.63) is 0 Å². The molecule has 0 aromatic rings. The van der Waals surface area contributed by atoms with Crippen LogP contribution in [0.1, 0.15) is 110 Å². The van der Waals surface area contributed by atoms with Gasteiger partial charge < -0.3 is 0 Å². The van der Waals surface area contributed by atoms with E-state index in [4.69, 9.17) is 0 Å². The number of unbranched alkanes of at least 4 members (excludes halogenated alkanes) is 2. The first-order valence-corrected chi connectivity index (χ1v) is 12.2. The van der Waals surface area contributed by atoms with Crippen molar-refractivity contribution in [2.75, 3.05) is 0 Å². The average molecular weight is 403 g/mol. The van der Waals surface area contributed by atoms with Gasteiger partial charge in [-0.1, -0.05) is 45.4 Å². The first-order valence-electron chi connectivity index (χ1n) is 12.2. The van der Waals surface area contributed by atoms with Gasteiger partial charge in [0.15, 0.2) is 0 Å². The Bertz CT molecular complexity index is 426. The molecule has 3 rings (SSSR count). The normalized spacial score (nSPS) is 37.7. The van der Waals surface area contributed by atoms with Crippen LogP contribution in [0.2, 0.25) is 0 Å². The average Bonchev–Trinajstić information content (AvgIpc) is 2.68. The zero-order valence-corrected chi connectivity index (χ0v) is 17.8. The van der Waals surface area contributed by atoms with E-state index < -0.39 is 12.5 Å². The summed E-state index contributed by atoms with van der Waals surface area (Å²) < 4.78 is 41.4. The van der Waals surface area contributed by atoms with Crippen molar-refractivity contribution in [3.63, 3.8) is 0 Å². The van der Waals surface area contributed by atoms with Crippen molar-refractivity contribution >= 4 is 0 Å². The molecule has 3 fully saturated rings. The van der Waals surface area contributed by atoms with Crippen LogP contribution in [0.3, 0.4) is 0 Å². The Balaban J connectivity index is 1.32. The maximum absolute atomic E-state index is 12.4. The highest BCUT2D eigenvalue weighted by molar-refractivity contribution is 4.86. The summed E-state index contributed by atoms with van der Waals surface area (Å²) in [6.45, 7) is 2.29. The lowest BCUT2D eigenvalue weighted by molar-refractivity contribution is -0.346. The lowest BCUT2D eigenvalue weighted by atomic mass is 9.65. The van der Waals surface area contributed by atoms with Gasteiger partial charge in [0.25, 0.3) is 0 Å². The van der Waals surface area contributed by atoms with Crippen molar-refractivity contribution in [1.29, 1.82) is 0 Å². The van der Waals surface area contributed by atoms with E-state index in [2.05, 4.69) is 11.7 Å². The van der Waals surface area contributed by atoms with Gasteiger partial charge in [-0.25, -0.2) is 0 Å². The molecule has 164 valence electrons. The quantitative estimate of drug-likeness (QED) is 0.389. The Hall–Kier alpha value is -0.250. The lowest BCUT2D eigenvalue weighted by Crippen LogP contribution is -2.32. The summed E-state index contributed by atoms with van der Waals surface area (Å²) in [5, 5.41) is 0. The highest BCUT2D eigenvalue weighted by Gasteiger charge is 2.38. The van der Waals surface area contributed by atoms with E-state index in [0.717, 1.165) is 36.5 Å². The molecular weight excluding hydrogens is 361 g/mol. The van der Waals surface area contributed by atoms with Crippen molar-refractivity contribution in [3.8, 4) is 0 Å². The molecule has 0 aromatic heterocycles. The highest BCUT2D eigenvalue weighted by atomic mass is 19.4. The molecule has 0 N–H and O–H groups in total. The fourth-order valence-corrected chi connectivity index (χ4v) is 6.59. The standard InChI is InChI=1S/C24H41F3O/c1-2-3-4-5-18-6-8-19(9-7-18)20-10-12-21(13-11-20)22-14-16-23(17-15-22)28-24(25,26)27/h18-23H,2-17H2,1H3. The second kappa shape index (κ2) is 10.7. The van der Waals surface area contributed by atoms with Crippen molar-refractivity contribution < 1.29 is 17.9 Å². The fourth-order valence-electron chi connectivity index (χ4n) is 6.59. The van der Waals surface area contributed by atoms with Crippen LogP contribution in [0, 0.1) is 29.6 Å². The summed E-state index contributed by atoms with van der Waals surface area (Å²) in [6.07, 6.45) is 14.8. The van der Waals surface area contributed by atoms with Gasteiger partial charge in [0.05, 0.1) is 6.10 Å². The van der Waals surface area contributed by atoms with E-state index in [1.165, 1.54) is 77.0 Å². The Morgan fingerprint density at radius 1 is 0.643 bits per heavy atom. The topological polar surface area (TPSA) is 9.23 Å². The van der Waals surface area contributed by atoms with Crippen LogP contribution in [0.5, 0.6) is 0 Å². The van der Waals surface area contributed by atoms with E-state index in [-0.39, 0.29) is 0 Å². The first kappa shape index (κ1) is 22.4. The third-order valence-corrected chi connectivity index (χ3v) is 8.28. The molecule has 3 aliphatic rings. The minimum atomic E-state index is -4.47. The van der Waals surface area contributed by atoms with E-state index in [0.29, 0.717) is 18.8 Å². The number of hydrogen-bond acceptors (Lipinski definition) is 1. The van der Waals surface area contributed by atoms with E-state index in [1.54, 1.807) is 0 Å². The van der Waals surface area contributed by atoms with Gasteiger partial charge in [0.1, 0.15) is 0 Å². The molecule has 0 spiro atoms. The molecule has 0 heterocycles. The van der Waals surface area contributed by atoms with Gasteiger partial charge in [-0.05, 0) is 93.8 Å². The van der Waals surface area contributed by atoms with Crippen LogP contribution in [-0.2, 0) is 4.74 Å². The van der Waals surface area contributed by atoms with Crippen LogP contribution >= 0.6 is 0 Å². The van der Waals surface area contributed by atoms with Gasteiger partial charge >= 0.3 is 6.36 Å². The highest BCUT2D eigenvalue weighted by Crippen LogP contribution is 2.46. The number of alkyl halides is 3. The number of halogens is 3. The molecule has 0 bridgehead atoms. The molecule has 3 saturated carbocycles. The van der Waals surface area contributed by atoms with E-state index >= 15 is 0 Å². The number of rotatable bonds is 7. The van der Waals surface area contributed by atoms with Gasteiger partial charge in [0, 0.05) is 0 Å². The fraction of sp³-hybridized carbons (Fsp3) is 1.00. The Labute approximate surface area is 170 Å². The Kier molecular flexibility index (Phi) is 8.56. The minimum Gasteiger partial charge on any atom is -0.289 e. The van der Waals surface area contributed by atoms with Crippen LogP contribution in [0.4, 0.5) is 13.2 Å². The molecule has 28 heavy (non-hydrogen) atoms.